The molecule has 3 aromatic rings. The van der Waals surface area contributed by atoms with Crippen molar-refractivity contribution in [1.29, 1.82) is 0 Å². The van der Waals surface area contributed by atoms with Crippen LogP contribution >= 0.6 is 0 Å². The Morgan fingerprint density at radius 2 is 1.48 bits per heavy atom. The normalized spacial score (nSPS) is 11.0. The molecule has 0 radical (unpaired) electrons. The molecule has 0 atom stereocenters. The maximum Gasteiger partial charge on any atom is 0.172 e. The second-order valence-electron chi connectivity index (χ2n) is 4.75. The molecular formula is C17H11F2N3O. The molecule has 0 fully saturated rings. The SMILES string of the molecule is O=Cc1nnn(-c2ccc(F)cc2)c1/C=C/c1ccc(F)cc1. The Kier molecular flexibility index (Phi) is 4.05. The van der Waals surface area contributed by atoms with Gasteiger partial charge in [-0.3, -0.25) is 4.79 Å². The highest BCUT2D eigenvalue weighted by molar-refractivity contribution is 5.81. The van der Waals surface area contributed by atoms with Crippen molar-refractivity contribution >= 4 is 18.4 Å². The summed E-state index contributed by atoms with van der Waals surface area (Å²) in [6, 6.07) is 11.6. The minimum absolute atomic E-state index is 0.160. The van der Waals surface area contributed by atoms with Crippen LogP contribution in [0.25, 0.3) is 17.8 Å². The number of carbonyl (C=O) groups excluding carboxylic acids is 1. The van der Waals surface area contributed by atoms with Crippen molar-refractivity contribution < 1.29 is 13.6 Å². The van der Waals surface area contributed by atoms with Gasteiger partial charge in [0.15, 0.2) is 12.0 Å². The van der Waals surface area contributed by atoms with Crippen molar-refractivity contribution in [1.82, 2.24) is 15.0 Å². The van der Waals surface area contributed by atoms with E-state index in [1.807, 2.05) is 0 Å². The maximum absolute atomic E-state index is 13.0. The first-order chi connectivity index (χ1) is 11.2. The lowest BCUT2D eigenvalue weighted by molar-refractivity contribution is 0.111. The van der Waals surface area contributed by atoms with Gasteiger partial charge in [-0.2, -0.15) is 0 Å². The van der Waals surface area contributed by atoms with Crippen LogP contribution in [0.1, 0.15) is 21.7 Å². The first-order valence-electron chi connectivity index (χ1n) is 6.78. The van der Waals surface area contributed by atoms with Gasteiger partial charge in [-0.05, 0) is 48.0 Å². The van der Waals surface area contributed by atoms with Crippen LogP contribution in [0.15, 0.2) is 48.5 Å². The Morgan fingerprint density at radius 3 is 2.09 bits per heavy atom. The Hall–Kier alpha value is -3.15. The smallest absolute Gasteiger partial charge is 0.172 e. The van der Waals surface area contributed by atoms with Crippen molar-refractivity contribution in [3.63, 3.8) is 0 Å². The number of rotatable bonds is 4. The second kappa shape index (κ2) is 6.31. The number of hydrogen-bond donors (Lipinski definition) is 0. The van der Waals surface area contributed by atoms with Crippen molar-refractivity contribution in [2.45, 2.75) is 0 Å². The monoisotopic (exact) mass is 311 g/mol. The molecule has 4 nitrogen and oxygen atoms in total. The summed E-state index contributed by atoms with van der Waals surface area (Å²) in [5, 5.41) is 7.71. The van der Waals surface area contributed by atoms with E-state index >= 15 is 0 Å². The van der Waals surface area contributed by atoms with Gasteiger partial charge in [0.05, 0.1) is 11.4 Å². The molecule has 0 amide bonds. The molecule has 0 aliphatic rings. The minimum Gasteiger partial charge on any atom is -0.296 e. The van der Waals surface area contributed by atoms with Crippen LogP contribution in [0.5, 0.6) is 0 Å². The van der Waals surface area contributed by atoms with Crippen molar-refractivity contribution in [3.8, 4) is 5.69 Å². The van der Waals surface area contributed by atoms with E-state index in [-0.39, 0.29) is 17.3 Å². The molecule has 0 aliphatic heterocycles. The molecule has 0 spiro atoms. The summed E-state index contributed by atoms with van der Waals surface area (Å²) < 4.78 is 27.4. The third-order valence-electron chi connectivity index (χ3n) is 3.22. The van der Waals surface area contributed by atoms with E-state index in [1.54, 1.807) is 24.3 Å². The Bertz CT molecular complexity index is 853. The van der Waals surface area contributed by atoms with Gasteiger partial charge in [0.1, 0.15) is 11.6 Å². The summed E-state index contributed by atoms with van der Waals surface area (Å²) >= 11 is 0. The molecule has 0 saturated carbocycles. The zero-order valence-corrected chi connectivity index (χ0v) is 11.9. The highest BCUT2D eigenvalue weighted by Crippen LogP contribution is 2.16. The first kappa shape index (κ1) is 14.8. The van der Waals surface area contributed by atoms with Crippen LogP contribution in [0, 0.1) is 11.6 Å². The number of hydrogen-bond acceptors (Lipinski definition) is 3. The van der Waals surface area contributed by atoms with E-state index < -0.39 is 0 Å². The molecule has 0 saturated heterocycles. The van der Waals surface area contributed by atoms with Gasteiger partial charge in [0, 0.05) is 0 Å². The topological polar surface area (TPSA) is 47.8 Å². The van der Waals surface area contributed by atoms with Crippen molar-refractivity contribution in [3.05, 3.63) is 77.1 Å². The van der Waals surface area contributed by atoms with Gasteiger partial charge in [0.2, 0.25) is 0 Å². The molecule has 0 aliphatic carbocycles. The largest absolute Gasteiger partial charge is 0.296 e. The van der Waals surface area contributed by atoms with E-state index in [2.05, 4.69) is 10.3 Å². The van der Waals surface area contributed by atoms with Crippen LogP contribution in [-0.4, -0.2) is 21.3 Å². The van der Waals surface area contributed by atoms with Gasteiger partial charge in [-0.15, -0.1) is 5.10 Å². The number of aromatic nitrogens is 3. The molecule has 0 bridgehead atoms. The quantitative estimate of drug-likeness (QED) is 0.693. The molecule has 3 rings (SSSR count). The number of benzene rings is 2. The predicted octanol–water partition coefficient (Wildman–Crippen LogP) is 3.53. The average Bonchev–Trinajstić information content (AvgIpc) is 2.98. The second-order valence-corrected chi connectivity index (χ2v) is 4.75. The van der Waals surface area contributed by atoms with Gasteiger partial charge in [-0.1, -0.05) is 23.4 Å². The molecule has 114 valence electrons. The van der Waals surface area contributed by atoms with Gasteiger partial charge in [0.25, 0.3) is 0 Å². The van der Waals surface area contributed by atoms with Gasteiger partial charge < -0.3 is 0 Å². The summed E-state index contributed by atoms with van der Waals surface area (Å²) in [7, 11) is 0. The van der Waals surface area contributed by atoms with Crippen LogP contribution in [0.4, 0.5) is 8.78 Å². The minimum atomic E-state index is -0.368. The molecular weight excluding hydrogens is 300 g/mol. The third kappa shape index (κ3) is 3.21. The molecule has 0 unspecified atom stereocenters. The molecule has 2 aromatic carbocycles. The molecule has 1 heterocycles. The number of nitrogens with zero attached hydrogens (tertiary/aromatic N) is 3. The number of halogens is 2. The average molecular weight is 311 g/mol. The lowest BCUT2D eigenvalue weighted by Gasteiger charge is -2.03. The summed E-state index contributed by atoms with van der Waals surface area (Å²) in [6.45, 7) is 0. The standard InChI is InChI=1S/C17H11F2N3O/c18-13-4-1-12(2-5-13)3-10-17-16(11-23)20-21-22(17)15-8-6-14(19)7-9-15/h1-11H/b10-3+. The fourth-order valence-electron chi connectivity index (χ4n) is 2.06. The first-order valence-corrected chi connectivity index (χ1v) is 6.78. The van der Waals surface area contributed by atoms with E-state index in [9.17, 15) is 13.6 Å². The summed E-state index contributed by atoms with van der Waals surface area (Å²) in [6.07, 6.45) is 3.96. The lowest BCUT2D eigenvalue weighted by atomic mass is 10.2. The van der Waals surface area contributed by atoms with E-state index in [0.29, 0.717) is 17.7 Å². The Balaban J connectivity index is 2.00. The van der Waals surface area contributed by atoms with E-state index in [0.717, 1.165) is 5.56 Å². The third-order valence-corrected chi connectivity index (χ3v) is 3.22. The maximum atomic E-state index is 13.0. The van der Waals surface area contributed by atoms with Crippen LogP contribution in [0.2, 0.25) is 0 Å². The van der Waals surface area contributed by atoms with Crippen LogP contribution in [0.3, 0.4) is 0 Å². The van der Waals surface area contributed by atoms with Crippen molar-refractivity contribution in [2.75, 3.05) is 0 Å². The van der Waals surface area contributed by atoms with Crippen LogP contribution in [-0.2, 0) is 0 Å². The van der Waals surface area contributed by atoms with Gasteiger partial charge in [-0.25, -0.2) is 13.5 Å². The van der Waals surface area contributed by atoms with Crippen LogP contribution < -0.4 is 0 Å². The predicted molar refractivity (Wildman–Crippen MR) is 82.0 cm³/mol. The Morgan fingerprint density at radius 1 is 0.870 bits per heavy atom. The number of carbonyl (C=O) groups is 1. The van der Waals surface area contributed by atoms with Crippen molar-refractivity contribution in [2.24, 2.45) is 0 Å². The molecule has 0 N–H and O–H groups in total. The summed E-state index contributed by atoms with van der Waals surface area (Å²) in [4.78, 5) is 11.1. The molecule has 23 heavy (non-hydrogen) atoms. The summed E-state index contributed by atoms with van der Waals surface area (Å²) in [5.74, 6) is -0.693. The fraction of sp³-hybridized carbons (Fsp3) is 0. The van der Waals surface area contributed by atoms with E-state index in [4.69, 9.17) is 0 Å². The van der Waals surface area contributed by atoms with Gasteiger partial charge >= 0.3 is 0 Å². The number of aldehydes is 1. The zero-order chi connectivity index (χ0) is 16.2. The molecule has 6 heteroatoms. The Labute approximate surface area is 130 Å². The highest BCUT2D eigenvalue weighted by atomic mass is 19.1. The zero-order valence-electron chi connectivity index (χ0n) is 11.9. The lowest BCUT2D eigenvalue weighted by Crippen LogP contribution is -1.99. The fourth-order valence-corrected chi connectivity index (χ4v) is 2.06. The molecule has 1 aromatic heterocycles. The highest BCUT2D eigenvalue weighted by Gasteiger charge is 2.11. The summed E-state index contributed by atoms with van der Waals surface area (Å²) in [5.41, 5.74) is 1.95. The van der Waals surface area contributed by atoms with E-state index in [1.165, 1.54) is 41.1 Å².